The Balaban J connectivity index is 0.000000153. The van der Waals surface area contributed by atoms with Crippen LogP contribution < -0.4 is 5.32 Å². The molecule has 0 aromatic carbocycles. The van der Waals surface area contributed by atoms with Gasteiger partial charge in [0, 0.05) is 55.8 Å². The highest BCUT2D eigenvalue weighted by molar-refractivity contribution is 5.92. The normalized spacial score (nSPS) is 15.3. The summed E-state index contributed by atoms with van der Waals surface area (Å²) in [6.45, 7) is 1.08. The summed E-state index contributed by atoms with van der Waals surface area (Å²) in [5.41, 5.74) is 3.77. The molecule has 31 heavy (non-hydrogen) atoms. The number of hydrogen-bond acceptors (Lipinski definition) is 4. The van der Waals surface area contributed by atoms with Crippen molar-refractivity contribution in [3.63, 3.8) is 0 Å². The Morgan fingerprint density at radius 1 is 1.19 bits per heavy atom. The third kappa shape index (κ3) is 4.62. The first-order valence-corrected chi connectivity index (χ1v) is 10.1. The lowest BCUT2D eigenvalue weighted by molar-refractivity contribution is -0.141. The standard InChI is InChI=1S/C14H15N3.C7H8F3N3O/c1-2-12-9-14(16-17(12)7-1)11-5-6-15-13(8-11)10-3-4-10;1-11-6(14)4-3-5(7(8,9)10)12-13(4)2/h5-6,8-10H,1-4,7H2;3H,1-2H3,(H,11,14). The fourth-order valence-electron chi connectivity index (χ4n) is 3.56. The van der Waals surface area contributed by atoms with Gasteiger partial charge in [0.15, 0.2) is 5.69 Å². The predicted molar refractivity (Wildman–Crippen MR) is 107 cm³/mol. The van der Waals surface area contributed by atoms with Crippen molar-refractivity contribution in [1.82, 2.24) is 29.9 Å². The van der Waals surface area contributed by atoms with Crippen molar-refractivity contribution < 1.29 is 18.0 Å². The summed E-state index contributed by atoms with van der Waals surface area (Å²) >= 11 is 0. The summed E-state index contributed by atoms with van der Waals surface area (Å²) in [6.07, 6.45) is 2.42. The number of rotatable bonds is 3. The molecule has 3 aromatic rings. The van der Waals surface area contributed by atoms with Gasteiger partial charge in [0.25, 0.3) is 5.91 Å². The number of hydrogen-bond donors (Lipinski definition) is 1. The smallest absolute Gasteiger partial charge is 0.354 e. The molecule has 1 N–H and O–H groups in total. The van der Waals surface area contributed by atoms with Crippen LogP contribution in [0.1, 0.15) is 52.8 Å². The lowest BCUT2D eigenvalue weighted by Crippen LogP contribution is -2.20. The highest BCUT2D eigenvalue weighted by atomic mass is 19.4. The number of fused-ring (bicyclic) bond motifs is 1. The summed E-state index contributed by atoms with van der Waals surface area (Å²) < 4.78 is 39.5. The van der Waals surface area contributed by atoms with Crippen LogP contribution in [-0.2, 0) is 26.2 Å². The van der Waals surface area contributed by atoms with Gasteiger partial charge in [-0.05, 0) is 43.9 Å². The second kappa shape index (κ2) is 8.16. The van der Waals surface area contributed by atoms with Crippen LogP contribution in [0.5, 0.6) is 0 Å². The first kappa shape index (κ1) is 21.1. The lowest BCUT2D eigenvalue weighted by Gasteiger charge is -2.00. The molecular weight excluding hydrogens is 409 g/mol. The average Bonchev–Trinajstić information content (AvgIpc) is 3.16. The van der Waals surface area contributed by atoms with Crippen molar-refractivity contribution in [2.45, 2.75) is 44.3 Å². The molecule has 1 saturated carbocycles. The molecule has 1 amide bonds. The van der Waals surface area contributed by atoms with Crippen LogP contribution >= 0.6 is 0 Å². The molecule has 0 bridgehead atoms. The third-order valence-electron chi connectivity index (χ3n) is 5.37. The zero-order chi connectivity index (χ0) is 22.2. The van der Waals surface area contributed by atoms with Crippen LogP contribution in [0, 0.1) is 0 Å². The van der Waals surface area contributed by atoms with E-state index in [4.69, 9.17) is 0 Å². The van der Waals surface area contributed by atoms with Crippen LogP contribution in [0.3, 0.4) is 0 Å². The fraction of sp³-hybridized carbons (Fsp3) is 0.429. The van der Waals surface area contributed by atoms with E-state index < -0.39 is 17.8 Å². The van der Waals surface area contributed by atoms with Crippen LogP contribution in [0.2, 0.25) is 0 Å². The van der Waals surface area contributed by atoms with Gasteiger partial charge >= 0.3 is 6.18 Å². The third-order valence-corrected chi connectivity index (χ3v) is 5.37. The van der Waals surface area contributed by atoms with Gasteiger partial charge in [0.2, 0.25) is 0 Å². The van der Waals surface area contributed by atoms with E-state index in [1.54, 1.807) is 0 Å². The van der Waals surface area contributed by atoms with Crippen molar-refractivity contribution in [2.75, 3.05) is 7.05 Å². The Labute approximate surface area is 177 Å². The molecule has 1 fully saturated rings. The summed E-state index contributed by atoms with van der Waals surface area (Å²) in [7, 11) is 2.61. The zero-order valence-corrected chi connectivity index (χ0v) is 17.3. The minimum atomic E-state index is -4.52. The van der Waals surface area contributed by atoms with E-state index in [2.05, 4.69) is 43.4 Å². The summed E-state index contributed by atoms with van der Waals surface area (Å²) in [5.74, 6) is 0.111. The minimum Gasteiger partial charge on any atom is -0.354 e. The molecule has 5 rings (SSSR count). The molecule has 164 valence electrons. The molecule has 10 heteroatoms. The quantitative estimate of drug-likeness (QED) is 0.687. The lowest BCUT2D eigenvalue weighted by atomic mass is 10.1. The fourth-order valence-corrected chi connectivity index (χ4v) is 3.56. The summed E-state index contributed by atoms with van der Waals surface area (Å²) in [4.78, 5) is 15.5. The van der Waals surface area contributed by atoms with Crippen LogP contribution in [0.15, 0.2) is 30.5 Å². The van der Waals surface area contributed by atoms with Gasteiger partial charge in [-0.1, -0.05) is 0 Å². The number of nitrogens with one attached hydrogen (secondary N) is 1. The van der Waals surface area contributed by atoms with Crippen LogP contribution in [-0.4, -0.2) is 37.5 Å². The molecule has 0 unspecified atom stereocenters. The van der Waals surface area contributed by atoms with Gasteiger partial charge in [-0.3, -0.25) is 19.1 Å². The molecule has 0 saturated heterocycles. The Hall–Kier alpha value is -3.17. The van der Waals surface area contributed by atoms with Crippen molar-refractivity contribution in [2.24, 2.45) is 7.05 Å². The number of aryl methyl sites for hydroxylation is 3. The van der Waals surface area contributed by atoms with Gasteiger partial charge in [-0.15, -0.1) is 0 Å². The molecule has 1 aliphatic carbocycles. The number of nitrogens with zero attached hydrogens (tertiary/aromatic N) is 5. The first-order chi connectivity index (χ1) is 14.8. The molecular formula is C21H23F3N6O. The molecule has 4 heterocycles. The SMILES string of the molecule is CNC(=O)c1cc(C(F)(F)F)nn1C.c1cc(-c2cc3n(n2)CCC3)cc(C2CC2)n1. The number of amides is 1. The van der Waals surface area contributed by atoms with Crippen molar-refractivity contribution >= 4 is 5.91 Å². The van der Waals surface area contributed by atoms with Crippen LogP contribution in [0.4, 0.5) is 13.2 Å². The van der Waals surface area contributed by atoms with Crippen molar-refractivity contribution in [3.05, 3.63) is 53.2 Å². The van der Waals surface area contributed by atoms with E-state index in [9.17, 15) is 18.0 Å². The number of carbonyl (C=O) groups is 1. The highest BCUT2D eigenvalue weighted by Crippen LogP contribution is 2.39. The molecule has 0 atom stereocenters. The van der Waals surface area contributed by atoms with Gasteiger partial charge < -0.3 is 5.32 Å². The van der Waals surface area contributed by atoms with E-state index in [-0.39, 0.29) is 5.69 Å². The second-order valence-electron chi connectivity index (χ2n) is 7.71. The number of aromatic nitrogens is 5. The van der Waals surface area contributed by atoms with Gasteiger partial charge in [-0.2, -0.15) is 23.4 Å². The Bertz CT molecular complexity index is 1080. The highest BCUT2D eigenvalue weighted by Gasteiger charge is 2.35. The van der Waals surface area contributed by atoms with E-state index in [0.29, 0.717) is 12.0 Å². The Kier molecular flexibility index (Phi) is 5.55. The maximum absolute atomic E-state index is 12.1. The van der Waals surface area contributed by atoms with Crippen molar-refractivity contribution in [3.8, 4) is 11.3 Å². The van der Waals surface area contributed by atoms with E-state index >= 15 is 0 Å². The van der Waals surface area contributed by atoms with E-state index in [1.165, 1.54) is 56.7 Å². The topological polar surface area (TPSA) is 77.6 Å². The molecule has 1 aliphatic heterocycles. The van der Waals surface area contributed by atoms with Crippen LogP contribution in [0.25, 0.3) is 11.3 Å². The zero-order valence-electron chi connectivity index (χ0n) is 17.3. The predicted octanol–water partition coefficient (Wildman–Crippen LogP) is 3.57. The molecule has 2 aliphatic rings. The summed E-state index contributed by atoms with van der Waals surface area (Å²) in [6, 6.07) is 7.23. The number of pyridine rings is 1. The molecule has 0 spiro atoms. The number of halogens is 3. The molecule has 3 aromatic heterocycles. The summed E-state index contributed by atoms with van der Waals surface area (Å²) in [5, 5.41) is 10.1. The number of carbonyl (C=O) groups excluding carboxylic acids is 1. The van der Waals surface area contributed by atoms with Crippen molar-refractivity contribution in [1.29, 1.82) is 0 Å². The molecule has 7 nitrogen and oxygen atoms in total. The molecule has 0 radical (unpaired) electrons. The number of alkyl halides is 3. The van der Waals surface area contributed by atoms with Gasteiger partial charge in [0.05, 0.1) is 5.69 Å². The first-order valence-electron chi connectivity index (χ1n) is 10.1. The van der Waals surface area contributed by atoms with Gasteiger partial charge in [0.1, 0.15) is 5.69 Å². The average molecular weight is 432 g/mol. The maximum Gasteiger partial charge on any atom is 0.435 e. The van der Waals surface area contributed by atoms with E-state index in [1.807, 2.05) is 6.20 Å². The Morgan fingerprint density at radius 3 is 2.58 bits per heavy atom. The Morgan fingerprint density at radius 2 is 1.97 bits per heavy atom. The van der Waals surface area contributed by atoms with Gasteiger partial charge in [-0.25, -0.2) is 0 Å². The monoisotopic (exact) mass is 432 g/mol. The largest absolute Gasteiger partial charge is 0.435 e. The maximum atomic E-state index is 12.1. The minimum absolute atomic E-state index is 0.125. The second-order valence-corrected chi connectivity index (χ2v) is 7.71. The van der Waals surface area contributed by atoms with E-state index in [0.717, 1.165) is 16.9 Å².